The van der Waals surface area contributed by atoms with Crippen LogP contribution in [0.4, 0.5) is 4.39 Å². The number of nitrogens with zero attached hydrogens (tertiary/aromatic N) is 3. The van der Waals surface area contributed by atoms with Crippen LogP contribution in [0.3, 0.4) is 0 Å². The van der Waals surface area contributed by atoms with Crippen LogP contribution in [0, 0.1) is 5.82 Å². The average Bonchev–Trinajstić information content (AvgIpc) is 2.90. The number of hydrogen-bond donors (Lipinski definition) is 2. The zero-order valence-electron chi connectivity index (χ0n) is 19.9. The lowest BCUT2D eigenvalue weighted by molar-refractivity contribution is -0.137. The Kier molecular flexibility index (Phi) is 7.65. The first kappa shape index (κ1) is 24.9. The molecule has 4 aromatic rings. The molecule has 1 aromatic heterocycles. The summed E-state index contributed by atoms with van der Waals surface area (Å²) in [5.41, 5.74) is 10.9. The lowest BCUT2D eigenvalue weighted by Crippen LogP contribution is -2.36. The average molecular weight is 487 g/mol. The first-order valence-electron chi connectivity index (χ1n) is 11.7. The molecule has 0 spiro atoms. The molecule has 0 radical (unpaired) electrons. The third-order valence-electron chi connectivity index (χ3n) is 6.03. The molecular weight excluding hydrogens is 459 g/mol. The van der Waals surface area contributed by atoms with E-state index in [1.165, 1.54) is 17.0 Å². The van der Waals surface area contributed by atoms with E-state index in [-0.39, 0.29) is 18.1 Å². The number of halogens is 1. The van der Waals surface area contributed by atoms with Crippen molar-refractivity contribution >= 4 is 22.9 Å². The normalized spacial score (nSPS) is 11.9. The molecule has 3 aromatic carbocycles. The van der Waals surface area contributed by atoms with Gasteiger partial charge in [0.1, 0.15) is 12.0 Å². The number of aromatic nitrogens is 2. The van der Waals surface area contributed by atoms with Gasteiger partial charge in [0.05, 0.1) is 22.4 Å². The minimum atomic E-state index is -0.825. The minimum Gasteiger partial charge on any atom is -0.481 e. The second kappa shape index (κ2) is 11.0. The van der Waals surface area contributed by atoms with Crippen molar-refractivity contribution in [2.24, 2.45) is 5.73 Å². The maximum Gasteiger partial charge on any atom is 0.303 e. The molecule has 0 bridgehead atoms. The van der Waals surface area contributed by atoms with Gasteiger partial charge in [-0.15, -0.1) is 0 Å². The van der Waals surface area contributed by atoms with Crippen LogP contribution in [0.15, 0.2) is 72.8 Å². The fraction of sp³-hybridized carbons (Fsp3) is 0.214. The number of fused-ring (bicyclic) bond motifs is 1. The molecule has 1 atom stereocenters. The molecule has 1 heterocycles. The minimum absolute atomic E-state index is 0.0982. The number of aryl methyl sites for hydroxylation is 1. The number of rotatable bonds is 9. The number of hydrogen-bond acceptors (Lipinski definition) is 5. The SMILES string of the molecule is CN(C(=O)c1ccc2nc(-c3ccccc3)c(CCCCC(=O)O)nc2c1)[C@@H](N)c1ccc(F)cc1. The third-order valence-corrected chi connectivity index (χ3v) is 6.03. The zero-order chi connectivity index (χ0) is 25.7. The summed E-state index contributed by atoms with van der Waals surface area (Å²) in [6.45, 7) is 0. The molecule has 0 unspecified atom stereocenters. The molecule has 0 aliphatic rings. The fourth-order valence-electron chi connectivity index (χ4n) is 4.01. The Hall–Kier alpha value is -4.17. The lowest BCUT2D eigenvalue weighted by Gasteiger charge is -2.25. The van der Waals surface area contributed by atoms with Crippen LogP contribution >= 0.6 is 0 Å². The van der Waals surface area contributed by atoms with Crippen molar-refractivity contribution in [3.05, 3.63) is 95.4 Å². The highest BCUT2D eigenvalue weighted by molar-refractivity contribution is 5.97. The van der Waals surface area contributed by atoms with Crippen LogP contribution in [0.2, 0.25) is 0 Å². The Bertz CT molecular complexity index is 1380. The van der Waals surface area contributed by atoms with Crippen molar-refractivity contribution < 1.29 is 19.1 Å². The van der Waals surface area contributed by atoms with Crippen molar-refractivity contribution in [2.45, 2.75) is 31.8 Å². The smallest absolute Gasteiger partial charge is 0.303 e. The van der Waals surface area contributed by atoms with E-state index in [0.717, 1.165) is 17.0 Å². The standard InChI is InChI=1S/C28H27FN4O3/c1-33(27(30)19-11-14-21(29)15-12-19)28(36)20-13-16-22-24(17-20)31-23(9-5-6-10-25(34)35)26(32-22)18-7-3-2-4-8-18/h2-4,7-8,11-17,27H,5-6,9-10,30H2,1H3,(H,34,35)/t27-/m1/s1. The number of unbranched alkanes of at least 4 members (excludes halogenated alkanes) is 1. The first-order valence-corrected chi connectivity index (χ1v) is 11.7. The van der Waals surface area contributed by atoms with Crippen LogP contribution in [0.25, 0.3) is 22.3 Å². The van der Waals surface area contributed by atoms with Gasteiger partial charge in [0.2, 0.25) is 0 Å². The van der Waals surface area contributed by atoms with E-state index in [1.807, 2.05) is 30.3 Å². The molecule has 8 heteroatoms. The van der Waals surface area contributed by atoms with E-state index in [0.29, 0.717) is 41.4 Å². The van der Waals surface area contributed by atoms with Gasteiger partial charge in [0, 0.05) is 24.6 Å². The Morgan fingerprint density at radius 2 is 1.69 bits per heavy atom. The Morgan fingerprint density at radius 3 is 2.39 bits per heavy atom. The highest BCUT2D eigenvalue weighted by Crippen LogP contribution is 2.26. The summed E-state index contributed by atoms with van der Waals surface area (Å²) in [4.78, 5) is 35.1. The van der Waals surface area contributed by atoms with Gasteiger partial charge in [-0.1, -0.05) is 42.5 Å². The van der Waals surface area contributed by atoms with Crippen LogP contribution < -0.4 is 5.73 Å². The van der Waals surface area contributed by atoms with Gasteiger partial charge < -0.3 is 15.7 Å². The van der Waals surface area contributed by atoms with E-state index in [2.05, 4.69) is 0 Å². The molecule has 3 N–H and O–H groups in total. The summed E-state index contributed by atoms with van der Waals surface area (Å²) >= 11 is 0. The first-order chi connectivity index (χ1) is 17.3. The maximum atomic E-state index is 13.3. The molecule has 4 rings (SSSR count). The van der Waals surface area contributed by atoms with Crippen molar-refractivity contribution in [3.8, 4) is 11.3 Å². The molecule has 0 saturated heterocycles. The number of nitrogens with two attached hydrogens (primary N) is 1. The number of carboxylic acid groups (broad SMARTS) is 1. The maximum absolute atomic E-state index is 13.3. The molecule has 7 nitrogen and oxygen atoms in total. The second-order valence-electron chi connectivity index (χ2n) is 8.60. The van der Waals surface area contributed by atoms with Gasteiger partial charge in [-0.3, -0.25) is 9.59 Å². The molecule has 0 aliphatic carbocycles. The highest BCUT2D eigenvalue weighted by atomic mass is 19.1. The predicted octanol–water partition coefficient (Wildman–Crippen LogP) is 4.96. The Balaban J connectivity index is 1.64. The summed E-state index contributed by atoms with van der Waals surface area (Å²) in [6, 6.07) is 20.6. The van der Waals surface area contributed by atoms with Crippen molar-refractivity contribution in [3.63, 3.8) is 0 Å². The van der Waals surface area contributed by atoms with Gasteiger partial charge in [0.25, 0.3) is 5.91 Å². The Labute approximate surface area is 208 Å². The molecule has 36 heavy (non-hydrogen) atoms. The monoisotopic (exact) mass is 486 g/mol. The third kappa shape index (κ3) is 5.72. The molecular formula is C28H27FN4O3. The summed E-state index contributed by atoms with van der Waals surface area (Å²) in [5, 5.41) is 8.95. The van der Waals surface area contributed by atoms with Crippen LogP contribution in [-0.2, 0) is 11.2 Å². The summed E-state index contributed by atoms with van der Waals surface area (Å²) < 4.78 is 13.3. The molecule has 0 fully saturated rings. The second-order valence-corrected chi connectivity index (χ2v) is 8.60. The predicted molar refractivity (Wildman–Crippen MR) is 136 cm³/mol. The van der Waals surface area contributed by atoms with Crippen LogP contribution in [0.1, 0.15) is 47.0 Å². The molecule has 0 saturated carbocycles. The summed E-state index contributed by atoms with van der Waals surface area (Å²) in [5.74, 6) is -1.50. The van der Waals surface area contributed by atoms with E-state index < -0.39 is 12.1 Å². The number of amides is 1. The van der Waals surface area contributed by atoms with E-state index in [4.69, 9.17) is 20.8 Å². The summed E-state index contributed by atoms with van der Waals surface area (Å²) in [6.07, 6.45) is 1.10. The van der Waals surface area contributed by atoms with Gasteiger partial charge in [0.15, 0.2) is 0 Å². The topological polar surface area (TPSA) is 109 Å². The molecule has 0 aliphatic heterocycles. The number of carbonyl (C=O) groups excluding carboxylic acids is 1. The quantitative estimate of drug-likeness (QED) is 0.256. The number of carboxylic acids is 1. The van der Waals surface area contributed by atoms with Gasteiger partial charge >= 0.3 is 5.97 Å². The van der Waals surface area contributed by atoms with E-state index in [1.54, 1.807) is 37.4 Å². The van der Waals surface area contributed by atoms with Gasteiger partial charge in [-0.2, -0.15) is 0 Å². The number of aliphatic carboxylic acids is 1. The fourth-order valence-corrected chi connectivity index (χ4v) is 4.01. The van der Waals surface area contributed by atoms with E-state index in [9.17, 15) is 14.0 Å². The largest absolute Gasteiger partial charge is 0.481 e. The van der Waals surface area contributed by atoms with Crippen molar-refractivity contribution in [1.29, 1.82) is 0 Å². The van der Waals surface area contributed by atoms with Crippen LogP contribution in [0.5, 0.6) is 0 Å². The van der Waals surface area contributed by atoms with Gasteiger partial charge in [-0.25, -0.2) is 14.4 Å². The van der Waals surface area contributed by atoms with Crippen molar-refractivity contribution in [2.75, 3.05) is 7.05 Å². The highest BCUT2D eigenvalue weighted by Gasteiger charge is 2.21. The lowest BCUT2D eigenvalue weighted by atomic mass is 10.0. The summed E-state index contributed by atoms with van der Waals surface area (Å²) in [7, 11) is 1.60. The number of benzene rings is 3. The Morgan fingerprint density at radius 1 is 0.972 bits per heavy atom. The zero-order valence-corrected chi connectivity index (χ0v) is 19.9. The number of carbonyl (C=O) groups is 2. The molecule has 1 amide bonds. The van der Waals surface area contributed by atoms with Gasteiger partial charge in [-0.05, 0) is 55.2 Å². The van der Waals surface area contributed by atoms with Crippen LogP contribution in [-0.4, -0.2) is 38.9 Å². The van der Waals surface area contributed by atoms with Crippen molar-refractivity contribution in [1.82, 2.24) is 14.9 Å². The molecule has 184 valence electrons. The van der Waals surface area contributed by atoms with E-state index >= 15 is 0 Å².